The topological polar surface area (TPSA) is 71.3 Å². The van der Waals surface area contributed by atoms with E-state index in [9.17, 15) is 4.79 Å². The van der Waals surface area contributed by atoms with Crippen LogP contribution in [0.2, 0.25) is 0 Å². The fraction of sp³-hybridized carbons (Fsp3) is 0.438. The van der Waals surface area contributed by atoms with Crippen LogP contribution in [0.15, 0.2) is 18.2 Å². The van der Waals surface area contributed by atoms with E-state index in [-0.39, 0.29) is 5.91 Å². The van der Waals surface area contributed by atoms with E-state index in [1.807, 2.05) is 0 Å². The van der Waals surface area contributed by atoms with E-state index in [4.69, 9.17) is 10.5 Å². The average Bonchev–Trinajstić information content (AvgIpc) is 2.76. The Labute approximate surface area is 124 Å². The molecule has 1 aliphatic rings. The number of amides is 1. The summed E-state index contributed by atoms with van der Waals surface area (Å²) in [4.78, 5) is 17.0. The van der Waals surface area contributed by atoms with Gasteiger partial charge >= 0.3 is 0 Å². The van der Waals surface area contributed by atoms with Gasteiger partial charge in [-0.2, -0.15) is 0 Å². The molecule has 0 bridgehead atoms. The number of nitrogens with zero attached hydrogens (tertiary/aromatic N) is 1. The van der Waals surface area contributed by atoms with E-state index in [1.165, 1.54) is 27.7 Å². The summed E-state index contributed by atoms with van der Waals surface area (Å²) in [6, 6.07) is 6.36. The smallest absolute Gasteiger partial charge is 0.247 e. The minimum atomic E-state index is -0.495. The van der Waals surface area contributed by atoms with Crippen molar-refractivity contribution < 1.29 is 9.53 Å². The van der Waals surface area contributed by atoms with E-state index in [0.717, 1.165) is 13.1 Å². The summed E-state index contributed by atoms with van der Waals surface area (Å²) < 4.78 is 5.39. The average molecular weight is 287 g/mol. The number of H-pyrrole nitrogens is 1. The van der Waals surface area contributed by atoms with Crippen LogP contribution in [0, 0.1) is 13.8 Å². The van der Waals surface area contributed by atoms with Crippen LogP contribution in [0.5, 0.6) is 0 Å². The molecule has 112 valence electrons. The van der Waals surface area contributed by atoms with Crippen LogP contribution in [0.1, 0.15) is 16.8 Å². The Bertz CT molecular complexity index is 677. The first kappa shape index (κ1) is 14.1. The molecular weight excluding hydrogens is 266 g/mol. The number of morpholine rings is 1. The van der Waals surface area contributed by atoms with Crippen molar-refractivity contribution in [3.63, 3.8) is 0 Å². The van der Waals surface area contributed by atoms with Crippen LogP contribution in [0.25, 0.3) is 10.9 Å². The Kier molecular flexibility index (Phi) is 3.69. The number of aromatic amines is 1. The van der Waals surface area contributed by atoms with Crippen molar-refractivity contribution >= 4 is 16.8 Å². The number of nitrogens with two attached hydrogens (primary N) is 1. The number of hydrogen-bond donors (Lipinski definition) is 2. The van der Waals surface area contributed by atoms with Crippen molar-refractivity contribution in [2.75, 3.05) is 19.7 Å². The highest BCUT2D eigenvalue weighted by Crippen LogP contribution is 2.25. The Hall–Kier alpha value is -1.85. The molecule has 3 N–H and O–H groups in total. The van der Waals surface area contributed by atoms with Gasteiger partial charge in [-0.05, 0) is 25.0 Å². The molecule has 2 heterocycles. The lowest BCUT2D eigenvalue weighted by Crippen LogP contribution is -2.47. The first-order valence-electron chi connectivity index (χ1n) is 7.26. The quantitative estimate of drug-likeness (QED) is 0.898. The minimum Gasteiger partial charge on any atom is -0.367 e. The van der Waals surface area contributed by atoms with Gasteiger partial charge in [-0.1, -0.05) is 18.2 Å². The van der Waals surface area contributed by atoms with Gasteiger partial charge in [0.05, 0.1) is 12.1 Å². The molecule has 0 radical (unpaired) electrons. The highest BCUT2D eigenvalue weighted by atomic mass is 16.5. The zero-order valence-electron chi connectivity index (χ0n) is 12.5. The summed E-state index contributed by atoms with van der Waals surface area (Å²) in [5.41, 5.74) is 10.3. The van der Waals surface area contributed by atoms with E-state index in [2.05, 4.69) is 41.9 Å². The molecule has 0 aliphatic carbocycles. The second-order valence-electron chi connectivity index (χ2n) is 5.71. The van der Waals surface area contributed by atoms with Crippen molar-refractivity contribution in [2.24, 2.45) is 5.73 Å². The third kappa shape index (κ3) is 2.66. The van der Waals surface area contributed by atoms with E-state index >= 15 is 0 Å². The normalized spacial score (nSPS) is 20.0. The second kappa shape index (κ2) is 5.50. The number of aryl methyl sites for hydroxylation is 2. The fourth-order valence-electron chi connectivity index (χ4n) is 2.93. The predicted molar refractivity (Wildman–Crippen MR) is 82.0 cm³/mol. The zero-order chi connectivity index (χ0) is 15.0. The largest absolute Gasteiger partial charge is 0.367 e. The Morgan fingerprint density at radius 2 is 2.29 bits per heavy atom. The highest BCUT2D eigenvalue weighted by Gasteiger charge is 2.25. The number of ether oxygens (including phenoxy) is 1. The fourth-order valence-corrected chi connectivity index (χ4v) is 2.93. The molecule has 1 amide bonds. The number of fused-ring (bicyclic) bond motifs is 1. The third-order valence-electron chi connectivity index (χ3n) is 4.29. The molecule has 0 spiro atoms. The van der Waals surface area contributed by atoms with Gasteiger partial charge in [0.15, 0.2) is 0 Å². The van der Waals surface area contributed by atoms with Gasteiger partial charge in [0.25, 0.3) is 0 Å². The molecule has 5 nitrogen and oxygen atoms in total. The Morgan fingerprint density at radius 1 is 1.48 bits per heavy atom. The molecule has 1 aliphatic heterocycles. The summed E-state index contributed by atoms with van der Waals surface area (Å²) in [7, 11) is 0. The number of rotatable bonds is 3. The summed E-state index contributed by atoms with van der Waals surface area (Å²) in [6.07, 6.45) is -0.495. The Balaban J connectivity index is 1.85. The molecule has 1 fully saturated rings. The van der Waals surface area contributed by atoms with Gasteiger partial charge in [-0.15, -0.1) is 0 Å². The van der Waals surface area contributed by atoms with E-state index in [0.29, 0.717) is 13.2 Å². The summed E-state index contributed by atoms with van der Waals surface area (Å²) in [5.74, 6) is -0.385. The van der Waals surface area contributed by atoms with Crippen LogP contribution in [-0.2, 0) is 16.1 Å². The number of carbonyl (C=O) groups excluding carboxylic acids is 1. The van der Waals surface area contributed by atoms with Crippen LogP contribution >= 0.6 is 0 Å². The van der Waals surface area contributed by atoms with Gasteiger partial charge in [-0.3, -0.25) is 9.69 Å². The standard InChI is InChI=1S/C16H21N3O2/c1-10-11(2)18-15-12(4-3-5-13(10)15)8-19-6-7-21-14(9-19)16(17)20/h3-5,14,18H,6-9H2,1-2H3,(H2,17,20)/t14-/m0/s1. The molecule has 3 rings (SSSR count). The number of hydrogen-bond acceptors (Lipinski definition) is 3. The lowest BCUT2D eigenvalue weighted by Gasteiger charge is -2.31. The van der Waals surface area contributed by atoms with Crippen molar-refractivity contribution in [1.29, 1.82) is 0 Å². The lowest BCUT2D eigenvalue weighted by atomic mass is 10.1. The van der Waals surface area contributed by atoms with Crippen molar-refractivity contribution in [2.45, 2.75) is 26.5 Å². The van der Waals surface area contributed by atoms with Crippen LogP contribution in [0.4, 0.5) is 0 Å². The van der Waals surface area contributed by atoms with Crippen molar-refractivity contribution in [3.05, 3.63) is 35.0 Å². The summed E-state index contributed by atoms with van der Waals surface area (Å²) >= 11 is 0. The van der Waals surface area contributed by atoms with Gasteiger partial charge < -0.3 is 15.5 Å². The number of benzene rings is 1. The zero-order valence-corrected chi connectivity index (χ0v) is 12.5. The van der Waals surface area contributed by atoms with Crippen LogP contribution in [0.3, 0.4) is 0 Å². The summed E-state index contributed by atoms with van der Waals surface area (Å²) in [5, 5.41) is 1.27. The predicted octanol–water partition coefficient (Wildman–Crippen LogP) is 1.47. The molecule has 0 saturated carbocycles. The highest BCUT2D eigenvalue weighted by molar-refractivity contribution is 5.87. The second-order valence-corrected chi connectivity index (χ2v) is 5.71. The molecule has 0 unspecified atom stereocenters. The number of carbonyl (C=O) groups is 1. The lowest BCUT2D eigenvalue weighted by molar-refractivity contribution is -0.135. The number of para-hydroxylation sites is 1. The third-order valence-corrected chi connectivity index (χ3v) is 4.29. The molecule has 2 aromatic rings. The monoisotopic (exact) mass is 287 g/mol. The summed E-state index contributed by atoms with van der Waals surface area (Å²) in [6.45, 7) is 6.95. The molecule has 1 aromatic carbocycles. The Morgan fingerprint density at radius 3 is 3.05 bits per heavy atom. The van der Waals surface area contributed by atoms with Gasteiger partial charge in [0, 0.05) is 30.7 Å². The van der Waals surface area contributed by atoms with E-state index in [1.54, 1.807) is 0 Å². The molecule has 1 aromatic heterocycles. The first-order chi connectivity index (χ1) is 10.1. The van der Waals surface area contributed by atoms with Gasteiger partial charge in [0.1, 0.15) is 6.10 Å². The van der Waals surface area contributed by atoms with Gasteiger partial charge in [-0.25, -0.2) is 0 Å². The van der Waals surface area contributed by atoms with Crippen molar-refractivity contribution in [1.82, 2.24) is 9.88 Å². The van der Waals surface area contributed by atoms with Crippen LogP contribution in [-0.4, -0.2) is 41.6 Å². The van der Waals surface area contributed by atoms with E-state index < -0.39 is 6.10 Å². The number of nitrogens with one attached hydrogen (secondary N) is 1. The number of aromatic nitrogens is 1. The molecule has 5 heteroatoms. The molecule has 1 saturated heterocycles. The molecule has 1 atom stereocenters. The first-order valence-corrected chi connectivity index (χ1v) is 7.26. The maximum absolute atomic E-state index is 11.3. The van der Waals surface area contributed by atoms with Crippen molar-refractivity contribution in [3.8, 4) is 0 Å². The van der Waals surface area contributed by atoms with Crippen LogP contribution < -0.4 is 5.73 Å². The molecular formula is C16H21N3O2. The van der Waals surface area contributed by atoms with Gasteiger partial charge in [0.2, 0.25) is 5.91 Å². The minimum absolute atomic E-state index is 0.385. The maximum Gasteiger partial charge on any atom is 0.247 e. The SMILES string of the molecule is Cc1[nH]c2c(CN3CCO[C@H](C(N)=O)C3)cccc2c1C. The molecule has 21 heavy (non-hydrogen) atoms. The number of primary amides is 1. The maximum atomic E-state index is 11.3.